The predicted octanol–water partition coefficient (Wildman–Crippen LogP) is 5.49. The van der Waals surface area contributed by atoms with E-state index in [1.54, 1.807) is 24.3 Å². The van der Waals surface area contributed by atoms with Crippen LogP contribution in [-0.4, -0.2) is 44.1 Å². The molecule has 4 aromatic rings. The topological polar surface area (TPSA) is 110 Å². The summed E-state index contributed by atoms with van der Waals surface area (Å²) >= 11 is 6.21. The van der Waals surface area contributed by atoms with E-state index in [2.05, 4.69) is 26.8 Å². The summed E-state index contributed by atoms with van der Waals surface area (Å²) in [6.07, 6.45) is 8.51. The summed E-state index contributed by atoms with van der Waals surface area (Å²) in [5.74, 6) is -0.572. The largest absolute Gasteiger partial charge is 0.389 e. The van der Waals surface area contributed by atoms with E-state index in [-0.39, 0.29) is 28.2 Å². The maximum absolute atomic E-state index is 14.8. The minimum Gasteiger partial charge on any atom is -0.389 e. The summed E-state index contributed by atoms with van der Waals surface area (Å²) in [7, 11) is -4.01. The molecule has 0 radical (unpaired) electrons. The van der Waals surface area contributed by atoms with E-state index < -0.39 is 21.4 Å². The minimum atomic E-state index is -4.01. The number of fused-ring (bicyclic) bond motifs is 1. The van der Waals surface area contributed by atoms with Crippen LogP contribution < -0.4 is 5.32 Å². The Morgan fingerprint density at radius 1 is 1.29 bits per heavy atom. The van der Waals surface area contributed by atoms with Crippen molar-refractivity contribution in [1.29, 1.82) is 0 Å². The van der Waals surface area contributed by atoms with Gasteiger partial charge in [0.2, 0.25) is 0 Å². The molecule has 1 aliphatic rings. The maximum atomic E-state index is 14.8. The summed E-state index contributed by atoms with van der Waals surface area (Å²) in [5.41, 5.74) is 0.506. The van der Waals surface area contributed by atoms with Crippen LogP contribution in [0.25, 0.3) is 22.4 Å². The average Bonchev–Trinajstić information content (AvgIpc) is 3.25. The Hall–Kier alpha value is -3.34. The third kappa shape index (κ3) is 5.03. The average molecular weight is 556 g/mol. The Morgan fingerprint density at radius 2 is 2.05 bits per heavy atom. The molecular formula is C27H27ClFN5O3S. The minimum absolute atomic E-state index is 0.0277. The lowest BCUT2D eigenvalue weighted by Crippen LogP contribution is -2.40. The summed E-state index contributed by atoms with van der Waals surface area (Å²) in [4.78, 5) is 12.9. The van der Waals surface area contributed by atoms with Crippen molar-refractivity contribution < 1.29 is 17.9 Å². The highest BCUT2D eigenvalue weighted by atomic mass is 35.5. The van der Waals surface area contributed by atoms with Crippen LogP contribution in [0.15, 0.2) is 66.5 Å². The Balaban J connectivity index is 1.56. The first-order valence-corrected chi connectivity index (χ1v) is 14.0. The molecule has 2 atom stereocenters. The van der Waals surface area contributed by atoms with Crippen LogP contribution in [-0.2, 0) is 10.0 Å². The van der Waals surface area contributed by atoms with Crippen molar-refractivity contribution in [1.82, 2.24) is 18.9 Å². The van der Waals surface area contributed by atoms with Crippen LogP contribution in [0.4, 0.5) is 10.2 Å². The van der Waals surface area contributed by atoms with Gasteiger partial charge in [0.25, 0.3) is 10.0 Å². The Kier molecular flexibility index (Phi) is 6.97. The van der Waals surface area contributed by atoms with E-state index in [1.165, 1.54) is 24.5 Å². The van der Waals surface area contributed by atoms with E-state index in [1.807, 2.05) is 6.92 Å². The number of nitrogens with one attached hydrogen (secondary N) is 1. The van der Waals surface area contributed by atoms with Gasteiger partial charge in [-0.05, 0) is 57.2 Å². The number of benzene rings is 1. The summed E-state index contributed by atoms with van der Waals surface area (Å²) in [6.45, 7) is 5.59. The maximum Gasteiger partial charge on any atom is 0.269 e. The number of pyridine rings is 1. The predicted molar refractivity (Wildman–Crippen MR) is 145 cm³/mol. The quantitative estimate of drug-likeness (QED) is 0.290. The molecule has 198 valence electrons. The van der Waals surface area contributed by atoms with E-state index in [0.29, 0.717) is 35.2 Å². The molecule has 3 aromatic heterocycles. The smallest absolute Gasteiger partial charge is 0.269 e. The zero-order valence-corrected chi connectivity index (χ0v) is 22.3. The highest BCUT2D eigenvalue weighted by Crippen LogP contribution is 2.35. The summed E-state index contributed by atoms with van der Waals surface area (Å²) < 4.78 is 42.9. The van der Waals surface area contributed by atoms with Gasteiger partial charge >= 0.3 is 0 Å². The van der Waals surface area contributed by atoms with Crippen molar-refractivity contribution in [3.8, 4) is 11.4 Å². The first-order chi connectivity index (χ1) is 18.1. The number of hydrogen-bond acceptors (Lipinski definition) is 7. The van der Waals surface area contributed by atoms with Gasteiger partial charge in [0.05, 0.1) is 21.7 Å². The Labute approximate surface area is 225 Å². The van der Waals surface area contributed by atoms with Crippen molar-refractivity contribution in [2.45, 2.75) is 55.6 Å². The van der Waals surface area contributed by atoms with Gasteiger partial charge in [0.15, 0.2) is 23.1 Å². The van der Waals surface area contributed by atoms with Gasteiger partial charge in [-0.25, -0.2) is 31.7 Å². The van der Waals surface area contributed by atoms with Crippen LogP contribution in [0.1, 0.15) is 37.7 Å². The molecule has 0 saturated heterocycles. The lowest BCUT2D eigenvalue weighted by molar-refractivity contribution is 0.00294. The van der Waals surface area contributed by atoms with Crippen LogP contribution in [0.2, 0.25) is 5.02 Å². The molecule has 11 heteroatoms. The third-order valence-electron chi connectivity index (χ3n) is 6.83. The van der Waals surface area contributed by atoms with Gasteiger partial charge in [0.1, 0.15) is 0 Å². The van der Waals surface area contributed by atoms with Crippen molar-refractivity contribution >= 4 is 38.5 Å². The second-order valence-corrected chi connectivity index (χ2v) is 12.0. The highest BCUT2D eigenvalue weighted by molar-refractivity contribution is 7.90. The number of anilines is 1. The van der Waals surface area contributed by atoms with Gasteiger partial charge in [0, 0.05) is 29.4 Å². The fraction of sp³-hybridized carbons (Fsp3) is 0.296. The monoisotopic (exact) mass is 555 g/mol. The first kappa shape index (κ1) is 26.3. The van der Waals surface area contributed by atoms with Crippen molar-refractivity contribution in [2.24, 2.45) is 0 Å². The van der Waals surface area contributed by atoms with E-state index in [4.69, 9.17) is 11.6 Å². The van der Waals surface area contributed by atoms with Gasteiger partial charge in [-0.3, -0.25) is 0 Å². The first-order valence-electron chi connectivity index (χ1n) is 12.2. The number of aryl methyl sites for hydroxylation is 1. The molecule has 0 bridgehead atoms. The van der Waals surface area contributed by atoms with Crippen LogP contribution in [0.5, 0.6) is 0 Å². The molecule has 1 unspecified atom stereocenters. The molecule has 1 fully saturated rings. The van der Waals surface area contributed by atoms with Crippen LogP contribution in [0.3, 0.4) is 0 Å². The molecule has 2 N–H and O–H groups in total. The van der Waals surface area contributed by atoms with Crippen molar-refractivity contribution in [3.05, 3.63) is 78.0 Å². The second kappa shape index (κ2) is 10.1. The Bertz CT molecular complexity index is 1620. The van der Waals surface area contributed by atoms with Gasteiger partial charge < -0.3 is 10.4 Å². The van der Waals surface area contributed by atoms with Crippen molar-refractivity contribution in [3.63, 3.8) is 0 Å². The molecule has 5 rings (SSSR count). The van der Waals surface area contributed by atoms with Gasteiger partial charge in [-0.15, -0.1) is 6.58 Å². The number of nitrogens with zero attached hydrogens (tertiary/aromatic N) is 4. The number of aromatic nitrogens is 4. The van der Waals surface area contributed by atoms with Crippen LogP contribution >= 0.6 is 11.6 Å². The highest BCUT2D eigenvalue weighted by Gasteiger charge is 2.34. The summed E-state index contributed by atoms with van der Waals surface area (Å²) in [6, 6.07) is 7.86. The molecule has 1 aromatic carbocycles. The fourth-order valence-corrected chi connectivity index (χ4v) is 6.43. The van der Waals surface area contributed by atoms with E-state index in [0.717, 1.165) is 28.6 Å². The van der Waals surface area contributed by atoms with E-state index >= 15 is 0 Å². The van der Waals surface area contributed by atoms with Gasteiger partial charge in [-0.2, -0.15) is 0 Å². The zero-order valence-electron chi connectivity index (χ0n) is 20.7. The number of halogens is 2. The number of hydrogen-bond donors (Lipinski definition) is 2. The lowest BCUT2D eigenvalue weighted by Gasteiger charge is -2.36. The molecule has 1 saturated carbocycles. The zero-order chi connectivity index (χ0) is 27.1. The lowest BCUT2D eigenvalue weighted by atomic mass is 9.80. The molecular weight excluding hydrogens is 529 g/mol. The molecule has 1 aliphatic carbocycles. The molecule has 0 spiro atoms. The number of aliphatic hydroxyl groups is 1. The summed E-state index contributed by atoms with van der Waals surface area (Å²) in [5, 5.41) is 14.7. The molecule has 0 amide bonds. The van der Waals surface area contributed by atoms with E-state index in [9.17, 15) is 17.9 Å². The second-order valence-electron chi connectivity index (χ2n) is 9.73. The molecule has 38 heavy (non-hydrogen) atoms. The van der Waals surface area contributed by atoms with Crippen LogP contribution in [0, 0.1) is 12.7 Å². The van der Waals surface area contributed by atoms with Gasteiger partial charge in [-0.1, -0.05) is 35.4 Å². The molecule has 3 heterocycles. The SMILES string of the molecule is C=CC[C@@]1(O)CCCC(Nc2nc(-c3cn(S(=O)(=O)c4ccc(C)cc4)c4ncc(Cl)cc34)ncc2F)C1. The fourth-order valence-electron chi connectivity index (χ4n) is 4.95. The standard InChI is InChI=1S/C27H27ClFN5O3S/c1-3-10-27(35)11-4-5-19(13-27)32-25-23(29)15-30-24(33-25)22-16-34(26-21(22)12-18(28)14-31-26)38(36,37)20-8-6-17(2)7-9-20/h3,6-9,12,14-16,19,35H,1,4-5,10-11,13H2,2H3,(H,30,32,33)/t19?,27-/m1/s1. The molecule has 8 nitrogen and oxygen atoms in total. The number of rotatable bonds is 7. The van der Waals surface area contributed by atoms with Crippen molar-refractivity contribution in [2.75, 3.05) is 5.32 Å². The normalized spacial score (nSPS) is 19.9. The molecule has 0 aliphatic heterocycles. The third-order valence-corrected chi connectivity index (χ3v) is 8.70. The Morgan fingerprint density at radius 3 is 2.79 bits per heavy atom.